The molecular formula is C50H32N2O. The van der Waals surface area contributed by atoms with Crippen LogP contribution in [0, 0.1) is 0 Å². The quantitative estimate of drug-likeness (QED) is 0.180. The SMILES string of the molecule is [2H]c1c([2H])c(N(c2c([2H])c([2H])c(-n3c4ccccc4c4ccccc43)c([2H])c2[2H])c2cccc3oc4c5ccccc5ccc4c23)c([2H])c([2H])c1-c1ccc2ccccc2c1. The zero-order valence-electron chi connectivity index (χ0n) is 36.2. The Hall–Kier alpha value is -7.10. The van der Waals surface area contributed by atoms with Crippen LogP contribution in [0.3, 0.4) is 0 Å². The first-order valence-corrected chi connectivity index (χ1v) is 17.5. The zero-order valence-corrected chi connectivity index (χ0v) is 28.2. The number of hydrogen-bond donors (Lipinski definition) is 0. The molecule has 0 saturated carbocycles. The van der Waals surface area contributed by atoms with Crippen molar-refractivity contribution in [1.29, 1.82) is 0 Å². The highest BCUT2D eigenvalue weighted by atomic mass is 16.3. The third-order valence-electron chi connectivity index (χ3n) is 10.1. The third kappa shape index (κ3) is 4.68. The average molecular weight is 685 g/mol. The monoisotopic (exact) mass is 684 g/mol. The first kappa shape index (κ1) is 22.7. The second-order valence-corrected chi connectivity index (χ2v) is 13.1. The highest BCUT2D eigenvalue weighted by Crippen LogP contribution is 2.45. The van der Waals surface area contributed by atoms with Crippen molar-refractivity contribution in [1.82, 2.24) is 4.57 Å². The smallest absolute Gasteiger partial charge is 0.143 e. The summed E-state index contributed by atoms with van der Waals surface area (Å²) in [7, 11) is 0. The Kier molecular flexibility index (Phi) is 5.01. The van der Waals surface area contributed by atoms with Gasteiger partial charge >= 0.3 is 0 Å². The van der Waals surface area contributed by atoms with E-state index in [0.717, 1.165) is 32.3 Å². The number of hydrogen-bond acceptors (Lipinski definition) is 2. The molecule has 53 heavy (non-hydrogen) atoms. The van der Waals surface area contributed by atoms with Crippen LogP contribution in [-0.2, 0) is 0 Å². The van der Waals surface area contributed by atoms with E-state index in [1.165, 1.54) is 4.90 Å². The largest absolute Gasteiger partial charge is 0.455 e. The van der Waals surface area contributed by atoms with Crippen LogP contribution in [-0.4, -0.2) is 4.57 Å². The van der Waals surface area contributed by atoms with Gasteiger partial charge in [-0.2, -0.15) is 0 Å². The molecule has 0 fully saturated rings. The van der Waals surface area contributed by atoms with Crippen molar-refractivity contribution in [3.63, 3.8) is 0 Å². The number of para-hydroxylation sites is 2. The fraction of sp³-hybridized carbons (Fsp3) is 0. The van der Waals surface area contributed by atoms with Gasteiger partial charge in [0.1, 0.15) is 11.2 Å². The molecule has 3 heteroatoms. The summed E-state index contributed by atoms with van der Waals surface area (Å²) in [5.74, 6) is 0. The Bertz CT molecular complexity index is 3560. The Labute approximate surface area is 317 Å². The maximum absolute atomic E-state index is 9.78. The predicted octanol–water partition coefficient (Wildman–Crippen LogP) is 14.1. The molecule has 9 aromatic carbocycles. The molecule has 11 aromatic rings. The second-order valence-electron chi connectivity index (χ2n) is 13.1. The van der Waals surface area contributed by atoms with Gasteiger partial charge in [-0.1, -0.05) is 121 Å². The molecule has 0 spiro atoms. The summed E-state index contributed by atoms with van der Waals surface area (Å²) in [6.07, 6.45) is 0. The molecule has 0 amide bonds. The van der Waals surface area contributed by atoms with Crippen molar-refractivity contribution < 1.29 is 15.4 Å². The van der Waals surface area contributed by atoms with Crippen LogP contribution >= 0.6 is 0 Å². The van der Waals surface area contributed by atoms with Crippen molar-refractivity contribution in [3.8, 4) is 16.8 Å². The van der Waals surface area contributed by atoms with Crippen molar-refractivity contribution in [2.24, 2.45) is 0 Å². The van der Waals surface area contributed by atoms with Crippen LogP contribution in [0.4, 0.5) is 17.1 Å². The summed E-state index contributed by atoms with van der Waals surface area (Å²) >= 11 is 0. The van der Waals surface area contributed by atoms with Gasteiger partial charge in [0.15, 0.2) is 0 Å². The van der Waals surface area contributed by atoms with Gasteiger partial charge in [-0.05, 0) is 99.9 Å². The van der Waals surface area contributed by atoms with E-state index in [4.69, 9.17) is 4.42 Å². The summed E-state index contributed by atoms with van der Waals surface area (Å²) in [5.41, 5.74) is 2.94. The first-order chi connectivity index (χ1) is 29.6. The number of fused-ring (bicyclic) bond motifs is 9. The number of furan rings is 1. The molecule has 0 atom stereocenters. The first-order valence-electron chi connectivity index (χ1n) is 21.5. The van der Waals surface area contributed by atoms with Crippen LogP contribution in [0.5, 0.6) is 0 Å². The van der Waals surface area contributed by atoms with E-state index in [9.17, 15) is 11.0 Å². The highest BCUT2D eigenvalue weighted by Gasteiger charge is 2.21. The van der Waals surface area contributed by atoms with E-state index in [1.807, 2.05) is 121 Å². The maximum Gasteiger partial charge on any atom is 0.143 e. The second kappa shape index (κ2) is 11.7. The van der Waals surface area contributed by atoms with E-state index >= 15 is 0 Å². The number of benzene rings is 9. The van der Waals surface area contributed by atoms with Gasteiger partial charge in [0, 0.05) is 38.6 Å². The lowest BCUT2D eigenvalue weighted by atomic mass is 10.0. The van der Waals surface area contributed by atoms with Gasteiger partial charge < -0.3 is 13.9 Å². The predicted molar refractivity (Wildman–Crippen MR) is 223 cm³/mol. The van der Waals surface area contributed by atoms with Crippen molar-refractivity contribution >= 4 is 82.4 Å². The summed E-state index contributed by atoms with van der Waals surface area (Å²) in [5, 5.41) is 6.67. The minimum Gasteiger partial charge on any atom is -0.455 e. The minimum absolute atomic E-state index is 0.0424. The lowest BCUT2D eigenvalue weighted by Crippen LogP contribution is -2.10. The summed E-state index contributed by atoms with van der Waals surface area (Å²) < 4.78 is 85.4. The van der Waals surface area contributed by atoms with E-state index in [1.54, 1.807) is 28.8 Å². The van der Waals surface area contributed by atoms with E-state index < -0.39 is 24.2 Å². The molecule has 0 saturated heterocycles. The Balaban J connectivity index is 1.24. The standard InChI is InChI=1S/C50H32N2O/c1-2-12-36-32-37(21-20-33(36)10-1)34-22-25-38(26-23-34)51(47-18-9-19-48-49(47)44-31-24-35-11-3-4-13-41(35)50(44)53-48)39-27-29-40(30-28-39)52-45-16-7-5-14-42(45)43-15-6-8-17-46(43)52/h1-32H/i22D,23D,25D,26D,27D,28D,29D,30D. The van der Waals surface area contributed by atoms with Crippen LogP contribution in [0.25, 0.3) is 82.1 Å². The van der Waals surface area contributed by atoms with E-state index in [-0.39, 0.29) is 46.8 Å². The summed E-state index contributed by atoms with van der Waals surface area (Å²) in [4.78, 5) is 1.37. The molecule has 0 aliphatic heterocycles. The molecular weight excluding hydrogens is 645 g/mol. The molecule has 0 radical (unpaired) electrons. The topological polar surface area (TPSA) is 21.3 Å². The Morgan fingerprint density at radius 3 is 1.79 bits per heavy atom. The average Bonchev–Trinajstić information content (AvgIpc) is 3.84. The number of aromatic nitrogens is 1. The molecule has 0 bridgehead atoms. The number of rotatable bonds is 5. The third-order valence-corrected chi connectivity index (χ3v) is 10.1. The lowest BCUT2D eigenvalue weighted by molar-refractivity contribution is 0.672. The summed E-state index contributed by atoms with van der Waals surface area (Å²) in [6, 6.07) is 42.4. The maximum atomic E-state index is 9.78. The van der Waals surface area contributed by atoms with Gasteiger partial charge in [-0.15, -0.1) is 0 Å². The van der Waals surface area contributed by atoms with Gasteiger partial charge in [0.2, 0.25) is 0 Å². The molecule has 3 nitrogen and oxygen atoms in total. The molecule has 0 unspecified atom stereocenters. The molecule has 0 aliphatic carbocycles. The van der Waals surface area contributed by atoms with E-state index in [0.29, 0.717) is 44.2 Å². The Morgan fingerprint density at radius 1 is 0.453 bits per heavy atom. The van der Waals surface area contributed by atoms with Gasteiger partial charge in [0.25, 0.3) is 0 Å². The number of nitrogens with zero attached hydrogens (tertiary/aromatic N) is 2. The fourth-order valence-corrected chi connectivity index (χ4v) is 7.67. The number of anilines is 3. The Morgan fingerprint density at radius 2 is 1.06 bits per heavy atom. The molecule has 2 aromatic heterocycles. The van der Waals surface area contributed by atoms with Gasteiger partial charge in [-0.25, -0.2) is 0 Å². The van der Waals surface area contributed by atoms with Gasteiger partial charge in [0.05, 0.1) is 33.1 Å². The van der Waals surface area contributed by atoms with Gasteiger partial charge in [-0.3, -0.25) is 0 Å². The molecule has 0 N–H and O–H groups in total. The van der Waals surface area contributed by atoms with Crippen LogP contribution < -0.4 is 4.90 Å². The molecule has 248 valence electrons. The van der Waals surface area contributed by atoms with Crippen LogP contribution in [0.2, 0.25) is 0 Å². The minimum atomic E-state index is -0.427. The molecule has 0 aliphatic rings. The highest BCUT2D eigenvalue weighted by molar-refractivity contribution is 6.19. The normalized spacial score (nSPS) is 13.9. The van der Waals surface area contributed by atoms with Crippen LogP contribution in [0.15, 0.2) is 198 Å². The van der Waals surface area contributed by atoms with Crippen LogP contribution in [0.1, 0.15) is 11.0 Å². The fourth-order valence-electron chi connectivity index (χ4n) is 7.67. The summed E-state index contributed by atoms with van der Waals surface area (Å²) in [6.45, 7) is 0. The van der Waals surface area contributed by atoms with Crippen molar-refractivity contribution in [2.45, 2.75) is 0 Å². The molecule has 2 heterocycles. The van der Waals surface area contributed by atoms with Crippen molar-refractivity contribution in [3.05, 3.63) is 194 Å². The lowest BCUT2D eigenvalue weighted by Gasteiger charge is -2.27. The van der Waals surface area contributed by atoms with Crippen molar-refractivity contribution in [2.75, 3.05) is 4.90 Å². The molecule has 11 rings (SSSR count). The van der Waals surface area contributed by atoms with E-state index in [2.05, 4.69) is 0 Å². The zero-order chi connectivity index (χ0) is 41.8.